The molecule has 0 aromatic heterocycles. The average Bonchev–Trinajstić information content (AvgIpc) is 2.76. The van der Waals surface area contributed by atoms with Crippen LogP contribution in [0.3, 0.4) is 0 Å². The van der Waals surface area contributed by atoms with Crippen LogP contribution in [-0.2, 0) is 11.8 Å². The van der Waals surface area contributed by atoms with Crippen LogP contribution in [0.15, 0.2) is 30.3 Å². The van der Waals surface area contributed by atoms with E-state index in [9.17, 15) is 4.79 Å². The first kappa shape index (κ1) is 15.7. The molecule has 22 heavy (non-hydrogen) atoms. The molecule has 1 aliphatic carbocycles. The average molecular weight is 356 g/mol. The lowest BCUT2D eigenvalue weighted by Crippen LogP contribution is -2.29. The number of halogens is 3. The predicted octanol–water partition coefficient (Wildman–Crippen LogP) is 5.35. The van der Waals surface area contributed by atoms with Gasteiger partial charge in [-0.2, -0.15) is 0 Å². The van der Waals surface area contributed by atoms with E-state index in [1.807, 2.05) is 19.1 Å². The van der Waals surface area contributed by atoms with Crippen molar-refractivity contribution < 1.29 is 9.53 Å². The number of fused-ring (bicyclic) bond motifs is 1. The summed E-state index contributed by atoms with van der Waals surface area (Å²) in [5.74, 6) is 0.456. The zero-order valence-electron chi connectivity index (χ0n) is 12.0. The summed E-state index contributed by atoms with van der Waals surface area (Å²) in [5, 5.41) is 1.17. The Morgan fingerprint density at radius 2 is 1.73 bits per heavy atom. The van der Waals surface area contributed by atoms with Gasteiger partial charge in [0.1, 0.15) is 10.8 Å². The van der Waals surface area contributed by atoms with Crippen LogP contribution in [0.4, 0.5) is 0 Å². The maximum absolute atomic E-state index is 13.0. The van der Waals surface area contributed by atoms with E-state index in [0.717, 1.165) is 11.1 Å². The summed E-state index contributed by atoms with van der Waals surface area (Å²) in [4.78, 5) is 13.0. The summed E-state index contributed by atoms with van der Waals surface area (Å²) < 4.78 is 5.23. The van der Waals surface area contributed by atoms with Crippen LogP contribution < -0.4 is 4.74 Å². The molecule has 0 N–H and O–H groups in total. The lowest BCUT2D eigenvalue weighted by molar-refractivity contribution is 0.0915. The maximum Gasteiger partial charge on any atom is 0.175 e. The summed E-state index contributed by atoms with van der Waals surface area (Å²) in [6, 6.07) is 9.11. The Morgan fingerprint density at radius 1 is 1.09 bits per heavy atom. The minimum absolute atomic E-state index is 0.0284. The molecule has 0 saturated heterocycles. The first-order valence-electron chi connectivity index (χ1n) is 6.74. The Bertz CT molecular complexity index is 768. The highest BCUT2D eigenvalue weighted by molar-refractivity contribution is 6.45. The number of benzene rings is 2. The number of ether oxygens (including phenoxy) is 1. The van der Waals surface area contributed by atoms with E-state index in [-0.39, 0.29) is 15.8 Å². The molecule has 0 unspecified atom stereocenters. The van der Waals surface area contributed by atoms with Crippen LogP contribution in [0.5, 0.6) is 5.75 Å². The summed E-state index contributed by atoms with van der Waals surface area (Å²) >= 11 is 18.4. The largest absolute Gasteiger partial charge is 0.495 e. The zero-order valence-corrected chi connectivity index (χ0v) is 14.3. The third kappa shape index (κ3) is 2.21. The smallest absolute Gasteiger partial charge is 0.175 e. The SMILES string of the molecule is COc1cc2c(c(Cl)c1Cl)C(=O)[C@](C)(c1ccc(Cl)cc1)C2. The number of carbonyl (C=O) groups is 1. The highest BCUT2D eigenvalue weighted by Gasteiger charge is 2.45. The molecule has 0 radical (unpaired) electrons. The van der Waals surface area contributed by atoms with Gasteiger partial charge in [0.25, 0.3) is 0 Å². The van der Waals surface area contributed by atoms with Crippen molar-refractivity contribution in [3.05, 3.63) is 62.1 Å². The molecule has 114 valence electrons. The van der Waals surface area contributed by atoms with Crippen molar-refractivity contribution in [3.8, 4) is 5.75 Å². The first-order chi connectivity index (χ1) is 10.4. The molecule has 0 saturated carbocycles. The highest BCUT2D eigenvalue weighted by Crippen LogP contribution is 2.47. The standard InChI is InChI=1S/C17H13Cl3O2/c1-17(10-3-5-11(18)6-4-10)8-9-7-12(22-2)14(19)15(20)13(9)16(17)21/h3-7H,8H2,1-2H3/t17-/m0/s1. The van der Waals surface area contributed by atoms with Gasteiger partial charge in [0, 0.05) is 10.6 Å². The Hall–Kier alpha value is -1.22. The Morgan fingerprint density at radius 3 is 2.32 bits per heavy atom. The van der Waals surface area contributed by atoms with Crippen LogP contribution in [-0.4, -0.2) is 12.9 Å². The molecule has 0 spiro atoms. The van der Waals surface area contributed by atoms with Crippen molar-refractivity contribution in [3.63, 3.8) is 0 Å². The van der Waals surface area contributed by atoms with Gasteiger partial charge in [-0.1, -0.05) is 46.9 Å². The van der Waals surface area contributed by atoms with Crippen LogP contribution in [0, 0.1) is 0 Å². The molecule has 0 bridgehead atoms. The van der Waals surface area contributed by atoms with Crippen molar-refractivity contribution >= 4 is 40.6 Å². The van der Waals surface area contributed by atoms with E-state index in [4.69, 9.17) is 39.5 Å². The van der Waals surface area contributed by atoms with Gasteiger partial charge in [0.2, 0.25) is 0 Å². The van der Waals surface area contributed by atoms with Crippen molar-refractivity contribution in [2.45, 2.75) is 18.8 Å². The fraction of sp³-hybridized carbons (Fsp3) is 0.235. The van der Waals surface area contributed by atoms with Crippen LogP contribution in [0.2, 0.25) is 15.1 Å². The number of rotatable bonds is 2. The van der Waals surface area contributed by atoms with E-state index in [1.165, 1.54) is 7.11 Å². The summed E-state index contributed by atoms with van der Waals surface area (Å²) in [6.45, 7) is 1.91. The Balaban J connectivity index is 2.15. The van der Waals surface area contributed by atoms with E-state index >= 15 is 0 Å². The molecule has 1 aliphatic rings. The topological polar surface area (TPSA) is 26.3 Å². The van der Waals surface area contributed by atoms with Gasteiger partial charge in [-0.05, 0) is 42.7 Å². The Kier molecular flexibility index (Phi) is 3.88. The van der Waals surface area contributed by atoms with E-state index < -0.39 is 5.41 Å². The number of hydrogen-bond acceptors (Lipinski definition) is 2. The van der Waals surface area contributed by atoms with Gasteiger partial charge in [-0.25, -0.2) is 0 Å². The first-order valence-corrected chi connectivity index (χ1v) is 7.87. The summed E-state index contributed by atoms with van der Waals surface area (Å²) in [5.41, 5.74) is 1.58. The van der Waals surface area contributed by atoms with Gasteiger partial charge in [-0.3, -0.25) is 4.79 Å². The second kappa shape index (κ2) is 5.45. The van der Waals surface area contributed by atoms with E-state index in [2.05, 4.69) is 0 Å². The van der Waals surface area contributed by atoms with Crippen molar-refractivity contribution in [1.29, 1.82) is 0 Å². The second-order valence-electron chi connectivity index (χ2n) is 5.59. The third-order valence-electron chi connectivity index (χ3n) is 4.23. The van der Waals surface area contributed by atoms with Crippen LogP contribution in [0.25, 0.3) is 0 Å². The molecule has 2 nitrogen and oxygen atoms in total. The monoisotopic (exact) mass is 354 g/mol. The van der Waals surface area contributed by atoms with Gasteiger partial charge in [-0.15, -0.1) is 0 Å². The van der Waals surface area contributed by atoms with Crippen molar-refractivity contribution in [1.82, 2.24) is 0 Å². The lowest BCUT2D eigenvalue weighted by Gasteiger charge is -2.22. The molecule has 0 heterocycles. The number of hydrogen-bond donors (Lipinski definition) is 0. The minimum Gasteiger partial charge on any atom is -0.495 e. The summed E-state index contributed by atoms with van der Waals surface area (Å²) in [6.07, 6.45) is 0.552. The molecule has 0 amide bonds. The fourth-order valence-electron chi connectivity index (χ4n) is 2.97. The van der Waals surface area contributed by atoms with Gasteiger partial charge < -0.3 is 4.74 Å². The predicted molar refractivity (Wildman–Crippen MR) is 89.9 cm³/mol. The van der Waals surface area contributed by atoms with Gasteiger partial charge in [0.15, 0.2) is 5.78 Å². The molecular formula is C17H13Cl3O2. The normalized spacial score (nSPS) is 20.1. The zero-order chi connectivity index (χ0) is 16.1. The molecule has 5 heteroatoms. The van der Waals surface area contributed by atoms with E-state index in [0.29, 0.717) is 22.8 Å². The molecule has 1 atom stereocenters. The summed E-state index contributed by atoms with van der Waals surface area (Å²) in [7, 11) is 1.53. The minimum atomic E-state index is -0.674. The molecule has 0 fully saturated rings. The fourth-order valence-corrected chi connectivity index (χ4v) is 3.63. The maximum atomic E-state index is 13.0. The number of Topliss-reactive ketones (excluding diaryl/α,β-unsaturated/α-hetero) is 1. The van der Waals surface area contributed by atoms with E-state index in [1.54, 1.807) is 18.2 Å². The second-order valence-corrected chi connectivity index (χ2v) is 6.78. The Labute approximate surface area is 143 Å². The third-order valence-corrected chi connectivity index (χ3v) is 5.33. The van der Waals surface area contributed by atoms with Crippen LogP contribution >= 0.6 is 34.8 Å². The quantitative estimate of drug-likeness (QED) is 0.725. The molecule has 0 aliphatic heterocycles. The van der Waals surface area contributed by atoms with Crippen molar-refractivity contribution in [2.75, 3.05) is 7.11 Å². The lowest BCUT2D eigenvalue weighted by atomic mass is 9.79. The van der Waals surface area contributed by atoms with Gasteiger partial charge in [0.05, 0.1) is 17.5 Å². The highest BCUT2D eigenvalue weighted by atomic mass is 35.5. The van der Waals surface area contributed by atoms with Gasteiger partial charge >= 0.3 is 0 Å². The number of methoxy groups -OCH3 is 1. The molecule has 2 aromatic rings. The number of carbonyl (C=O) groups excluding carboxylic acids is 1. The molecule has 3 rings (SSSR count). The number of ketones is 1. The van der Waals surface area contributed by atoms with Crippen LogP contribution in [0.1, 0.15) is 28.4 Å². The van der Waals surface area contributed by atoms with Crippen molar-refractivity contribution in [2.24, 2.45) is 0 Å². The molecular weight excluding hydrogens is 343 g/mol. The molecule has 2 aromatic carbocycles.